The number of nitrogens with zero attached hydrogens (tertiary/aromatic N) is 1. The summed E-state index contributed by atoms with van der Waals surface area (Å²) < 4.78 is 18.8. The molecule has 0 aliphatic heterocycles. The molecular weight excluding hydrogens is 354 g/mol. The first kappa shape index (κ1) is 21.5. The zero-order chi connectivity index (χ0) is 20.1. The largest absolute Gasteiger partial charge is 0.496 e. The minimum Gasteiger partial charge on any atom is -0.496 e. The minimum atomic E-state index is -1.21. The number of hydrogen-bond donors (Lipinski definition) is 0. The van der Waals surface area contributed by atoms with Crippen molar-refractivity contribution >= 4 is 16.5 Å². The summed E-state index contributed by atoms with van der Waals surface area (Å²) in [5.74, 6) is 1.17. The Bertz CT molecular complexity index is 791. The third-order valence-corrected chi connectivity index (χ3v) is 6.65. The molecule has 0 fully saturated rings. The zero-order valence-electron chi connectivity index (χ0n) is 17.8. The number of unbranched alkanes of at least 4 members (excludes halogenated alkanes) is 1. The topological polar surface area (TPSA) is 29.5 Å². The molecule has 0 aliphatic carbocycles. The van der Waals surface area contributed by atoms with Crippen molar-refractivity contribution in [3.05, 3.63) is 47.0 Å². The molecule has 2 aromatic rings. The van der Waals surface area contributed by atoms with Gasteiger partial charge in [-0.2, -0.15) is 0 Å². The van der Waals surface area contributed by atoms with Crippen LogP contribution in [0.4, 0.5) is 5.69 Å². The van der Waals surface area contributed by atoms with E-state index in [1.807, 2.05) is 18.2 Å². The van der Waals surface area contributed by atoms with Gasteiger partial charge in [0.2, 0.25) is 0 Å². The lowest BCUT2D eigenvalue weighted by atomic mass is 10.0. The van der Waals surface area contributed by atoms with Crippen molar-refractivity contribution in [1.82, 2.24) is 0 Å². The van der Waals surface area contributed by atoms with E-state index in [9.17, 15) is 4.21 Å². The lowest BCUT2D eigenvalue weighted by Gasteiger charge is -2.22. The van der Waals surface area contributed by atoms with Gasteiger partial charge >= 0.3 is 0 Å². The van der Waals surface area contributed by atoms with Crippen LogP contribution in [0.3, 0.4) is 0 Å². The van der Waals surface area contributed by atoms with E-state index in [0.717, 1.165) is 38.8 Å². The van der Waals surface area contributed by atoms with Gasteiger partial charge < -0.3 is 9.64 Å². The highest BCUT2D eigenvalue weighted by atomic mass is 32.2. The van der Waals surface area contributed by atoms with Crippen LogP contribution >= 0.6 is 0 Å². The van der Waals surface area contributed by atoms with Gasteiger partial charge in [0, 0.05) is 29.1 Å². The van der Waals surface area contributed by atoms with Gasteiger partial charge in [-0.15, -0.1) is 0 Å². The summed E-state index contributed by atoms with van der Waals surface area (Å²) in [6.07, 6.45) is 2.35. The summed E-state index contributed by atoms with van der Waals surface area (Å²) in [6.45, 7) is 11.6. The van der Waals surface area contributed by atoms with Gasteiger partial charge in [-0.05, 0) is 73.2 Å². The van der Waals surface area contributed by atoms with Crippen LogP contribution < -0.4 is 9.64 Å². The number of anilines is 1. The normalized spacial score (nSPS) is 12.3. The summed E-state index contributed by atoms with van der Waals surface area (Å²) in [4.78, 5) is 4.03. The van der Waals surface area contributed by atoms with Crippen molar-refractivity contribution in [2.45, 2.75) is 63.2 Å². The highest BCUT2D eigenvalue weighted by molar-refractivity contribution is 7.85. The molecule has 0 aliphatic rings. The van der Waals surface area contributed by atoms with E-state index in [2.05, 4.69) is 58.7 Å². The lowest BCUT2D eigenvalue weighted by molar-refractivity contribution is 0.407. The molecule has 148 valence electrons. The molecule has 1 unspecified atom stereocenters. The molecule has 27 heavy (non-hydrogen) atoms. The van der Waals surface area contributed by atoms with E-state index in [1.54, 1.807) is 7.11 Å². The molecule has 4 heteroatoms. The van der Waals surface area contributed by atoms with Crippen LogP contribution in [0.5, 0.6) is 5.75 Å². The molecule has 1 atom stereocenters. The maximum Gasteiger partial charge on any atom is 0.122 e. The molecule has 0 saturated heterocycles. The smallest absolute Gasteiger partial charge is 0.122 e. The Balaban J connectivity index is 2.41. The second kappa shape index (κ2) is 9.41. The van der Waals surface area contributed by atoms with Crippen LogP contribution in [0.1, 0.15) is 56.2 Å². The van der Waals surface area contributed by atoms with E-state index >= 15 is 0 Å². The third-order valence-electron chi connectivity index (χ3n) is 4.96. The van der Waals surface area contributed by atoms with Crippen LogP contribution in [0.15, 0.2) is 40.1 Å². The van der Waals surface area contributed by atoms with Crippen LogP contribution in [0, 0.1) is 13.8 Å². The molecule has 2 aromatic carbocycles. The van der Waals surface area contributed by atoms with Gasteiger partial charge in [0.25, 0.3) is 0 Å². The number of methoxy groups -OCH3 is 1. The highest BCUT2D eigenvalue weighted by Crippen LogP contribution is 2.32. The van der Waals surface area contributed by atoms with Crippen LogP contribution in [0.2, 0.25) is 0 Å². The van der Waals surface area contributed by atoms with Crippen LogP contribution in [-0.4, -0.2) is 24.9 Å². The first-order valence-corrected chi connectivity index (χ1v) is 10.9. The average molecular weight is 388 g/mol. The van der Waals surface area contributed by atoms with Gasteiger partial charge in [-0.1, -0.05) is 27.2 Å². The summed E-state index contributed by atoms with van der Waals surface area (Å²) >= 11 is 0. The first-order valence-electron chi connectivity index (χ1n) is 9.72. The molecular formula is C23H33NO2S. The Morgan fingerprint density at radius 1 is 1.11 bits per heavy atom. The Morgan fingerprint density at radius 3 is 2.26 bits per heavy atom. The molecule has 2 rings (SSSR count). The SMILES string of the molecule is CCCCN(C)c1cc(C)c(S(=O)c2ccc(OC)c(C(C)C)c2)c(C)c1. The standard InChI is InChI=1S/C23H33NO2S/c1-8-9-12-24(6)19-13-17(4)23(18(5)14-19)27(25)20-10-11-22(26-7)21(15-20)16(2)3/h10-11,13-16H,8-9,12H2,1-7H3. The van der Waals surface area contributed by atoms with E-state index in [0.29, 0.717) is 5.92 Å². The predicted octanol–water partition coefficient (Wildman–Crippen LogP) is 5.84. The fraction of sp³-hybridized carbons (Fsp3) is 0.478. The number of ether oxygens (including phenoxy) is 1. The highest BCUT2D eigenvalue weighted by Gasteiger charge is 2.18. The van der Waals surface area contributed by atoms with Crippen LogP contribution in [0.25, 0.3) is 0 Å². The first-order chi connectivity index (χ1) is 12.8. The van der Waals surface area contributed by atoms with E-state index in [4.69, 9.17) is 4.74 Å². The maximum absolute atomic E-state index is 13.4. The van der Waals surface area contributed by atoms with Crippen molar-refractivity contribution in [2.24, 2.45) is 0 Å². The Labute approximate surface area is 167 Å². The number of aryl methyl sites for hydroxylation is 2. The van der Waals surface area contributed by atoms with Crippen LogP contribution in [-0.2, 0) is 10.8 Å². The molecule has 0 spiro atoms. The number of rotatable bonds is 8. The van der Waals surface area contributed by atoms with Gasteiger partial charge in [0.1, 0.15) is 5.75 Å². The molecule has 3 nitrogen and oxygen atoms in total. The van der Waals surface area contributed by atoms with Crippen molar-refractivity contribution in [3.8, 4) is 5.75 Å². The van der Waals surface area contributed by atoms with Gasteiger partial charge in [0.15, 0.2) is 0 Å². The monoisotopic (exact) mass is 387 g/mol. The summed E-state index contributed by atoms with van der Waals surface area (Å²) in [7, 11) is 2.60. The summed E-state index contributed by atoms with van der Waals surface area (Å²) in [5, 5.41) is 0. The second-order valence-electron chi connectivity index (χ2n) is 7.51. The number of benzene rings is 2. The lowest BCUT2D eigenvalue weighted by Crippen LogP contribution is -2.18. The van der Waals surface area contributed by atoms with Gasteiger partial charge in [-0.3, -0.25) is 0 Å². The van der Waals surface area contributed by atoms with Gasteiger partial charge in [0.05, 0.1) is 17.9 Å². The fourth-order valence-electron chi connectivity index (χ4n) is 3.36. The summed E-state index contributed by atoms with van der Waals surface area (Å²) in [5.41, 5.74) is 4.44. The molecule has 0 radical (unpaired) electrons. The van der Waals surface area contributed by atoms with Crippen molar-refractivity contribution in [3.63, 3.8) is 0 Å². The molecule has 0 N–H and O–H groups in total. The predicted molar refractivity (Wildman–Crippen MR) is 116 cm³/mol. The quantitative estimate of drug-likeness (QED) is 0.570. The average Bonchev–Trinajstić information content (AvgIpc) is 2.64. The minimum absolute atomic E-state index is 0.314. The van der Waals surface area contributed by atoms with E-state index in [-0.39, 0.29) is 0 Å². The Morgan fingerprint density at radius 2 is 1.74 bits per heavy atom. The Hall–Kier alpha value is -1.81. The maximum atomic E-state index is 13.4. The number of hydrogen-bond acceptors (Lipinski definition) is 3. The Kier molecular flexibility index (Phi) is 7.49. The molecule has 0 saturated carbocycles. The van der Waals surface area contributed by atoms with Crippen molar-refractivity contribution in [2.75, 3.05) is 25.6 Å². The van der Waals surface area contributed by atoms with Gasteiger partial charge in [-0.25, -0.2) is 4.21 Å². The molecule has 0 aromatic heterocycles. The third kappa shape index (κ3) is 4.92. The van der Waals surface area contributed by atoms with Crippen molar-refractivity contribution < 1.29 is 8.95 Å². The van der Waals surface area contributed by atoms with Crippen molar-refractivity contribution in [1.29, 1.82) is 0 Å². The molecule has 0 amide bonds. The van der Waals surface area contributed by atoms with E-state index < -0.39 is 10.8 Å². The second-order valence-corrected chi connectivity index (χ2v) is 8.93. The zero-order valence-corrected chi connectivity index (χ0v) is 18.6. The molecule has 0 bridgehead atoms. The summed E-state index contributed by atoms with van der Waals surface area (Å²) in [6, 6.07) is 10.2. The molecule has 0 heterocycles. The fourth-order valence-corrected chi connectivity index (χ4v) is 4.73. The van der Waals surface area contributed by atoms with E-state index in [1.165, 1.54) is 18.5 Å².